The van der Waals surface area contributed by atoms with Crippen LogP contribution >= 0.6 is 0 Å². The van der Waals surface area contributed by atoms with E-state index in [1.807, 2.05) is 4.68 Å². The molecule has 1 amide bonds. The number of amides is 1. The van der Waals surface area contributed by atoms with Crippen molar-refractivity contribution in [2.24, 2.45) is 0 Å². The number of aromatic nitrogens is 4. The van der Waals surface area contributed by atoms with Crippen LogP contribution in [0.1, 0.15) is 48.5 Å². The van der Waals surface area contributed by atoms with E-state index in [1.165, 1.54) is 25.5 Å². The molecular weight excluding hydrogens is 348 g/mol. The Balaban J connectivity index is 1.40. The monoisotopic (exact) mass is 375 g/mol. The third kappa shape index (κ3) is 4.03. The highest BCUT2D eigenvalue weighted by Crippen LogP contribution is 2.23. The average Bonchev–Trinajstić information content (AvgIpc) is 3.32. The van der Waals surface area contributed by atoms with Crippen molar-refractivity contribution in [3.05, 3.63) is 30.0 Å². The lowest BCUT2D eigenvalue weighted by Crippen LogP contribution is -3.20. The van der Waals surface area contributed by atoms with Crippen LogP contribution in [-0.2, 0) is 17.8 Å². The highest BCUT2D eigenvalue weighted by atomic mass is 16.5. The molecule has 0 aliphatic carbocycles. The second-order valence-electron chi connectivity index (χ2n) is 7.51. The number of rotatable bonds is 7. The van der Waals surface area contributed by atoms with E-state index in [-0.39, 0.29) is 11.9 Å². The van der Waals surface area contributed by atoms with Gasteiger partial charge in [-0.3, -0.25) is 4.79 Å². The Hall–Kier alpha value is -2.26. The summed E-state index contributed by atoms with van der Waals surface area (Å²) < 4.78 is 12.2. The van der Waals surface area contributed by atoms with E-state index in [9.17, 15) is 4.79 Å². The number of hydrogen-bond donors (Lipinski definition) is 2. The van der Waals surface area contributed by atoms with Gasteiger partial charge in [0.05, 0.1) is 31.5 Å². The minimum Gasteiger partial charge on any atom is -0.459 e. The lowest BCUT2D eigenvalue weighted by atomic mass is 9.81. The molecule has 9 nitrogen and oxygen atoms in total. The Labute approximate surface area is 158 Å². The molecule has 2 aliphatic heterocycles. The molecule has 2 unspecified atom stereocenters. The van der Waals surface area contributed by atoms with Crippen LogP contribution < -0.4 is 10.2 Å². The summed E-state index contributed by atoms with van der Waals surface area (Å²) in [6.45, 7) is 2.09. The molecule has 0 saturated carbocycles. The van der Waals surface area contributed by atoms with Crippen LogP contribution in [0.15, 0.2) is 22.8 Å². The topological polar surface area (TPSA) is 99.5 Å². The van der Waals surface area contributed by atoms with Gasteiger partial charge in [-0.05, 0) is 41.8 Å². The van der Waals surface area contributed by atoms with E-state index < -0.39 is 0 Å². The molecule has 2 N–H and O–H groups in total. The quantitative estimate of drug-likeness (QED) is 0.696. The fraction of sp³-hybridized carbons (Fsp3) is 0.667. The largest absolute Gasteiger partial charge is 0.459 e. The molecular formula is C18H27N6O3+. The lowest BCUT2D eigenvalue weighted by Gasteiger charge is -2.45. The number of carbonyl (C=O) groups excluding carboxylic acids is 1. The molecule has 9 heteroatoms. The van der Waals surface area contributed by atoms with Crippen LogP contribution in [0.3, 0.4) is 0 Å². The molecule has 2 saturated heterocycles. The van der Waals surface area contributed by atoms with E-state index in [2.05, 4.69) is 20.8 Å². The first-order chi connectivity index (χ1) is 13.2. The summed E-state index contributed by atoms with van der Waals surface area (Å²) in [7, 11) is 1.68. The van der Waals surface area contributed by atoms with Crippen molar-refractivity contribution in [2.75, 3.05) is 13.7 Å². The summed E-state index contributed by atoms with van der Waals surface area (Å²) in [6, 6.07) is 4.69. The molecule has 0 spiro atoms. The predicted octanol–water partition coefficient (Wildman–Crippen LogP) is -0.189. The van der Waals surface area contributed by atoms with Crippen molar-refractivity contribution in [1.82, 2.24) is 25.5 Å². The molecule has 146 valence electrons. The second kappa shape index (κ2) is 8.18. The van der Waals surface area contributed by atoms with Gasteiger partial charge in [0.1, 0.15) is 6.54 Å². The third-order valence-corrected chi connectivity index (χ3v) is 5.85. The SMILES string of the molecule is COCCn1nnnc1C[NH+]1[C@@H]2CCC[C@H]1CC(NC(=O)c1ccco1)C2. The molecule has 4 heterocycles. The van der Waals surface area contributed by atoms with Crippen molar-refractivity contribution < 1.29 is 18.8 Å². The van der Waals surface area contributed by atoms with Crippen LogP contribution in [0, 0.1) is 0 Å². The molecule has 2 fully saturated rings. The van der Waals surface area contributed by atoms with Gasteiger partial charge in [0.25, 0.3) is 5.91 Å². The standard InChI is InChI=1S/C18H26N6O3/c1-26-9-7-24-17(20-21-22-24)12-23-14-4-2-5-15(23)11-13(10-14)19-18(25)16-6-3-8-27-16/h3,6,8,13-15H,2,4-5,7,9-12H2,1H3,(H,19,25)/p+1/t13?,14-,15+. The highest BCUT2D eigenvalue weighted by molar-refractivity contribution is 5.91. The van der Waals surface area contributed by atoms with Crippen molar-refractivity contribution in [1.29, 1.82) is 0 Å². The van der Waals surface area contributed by atoms with Crippen LogP contribution in [0.2, 0.25) is 0 Å². The van der Waals surface area contributed by atoms with Crippen LogP contribution in [-0.4, -0.2) is 58.0 Å². The Kier molecular flexibility index (Phi) is 5.49. The molecule has 0 aromatic carbocycles. The second-order valence-corrected chi connectivity index (χ2v) is 7.51. The van der Waals surface area contributed by atoms with Crippen LogP contribution in [0.5, 0.6) is 0 Å². The highest BCUT2D eigenvalue weighted by Gasteiger charge is 2.43. The number of methoxy groups -OCH3 is 1. The number of furan rings is 1. The van der Waals surface area contributed by atoms with Gasteiger partial charge in [0, 0.05) is 26.0 Å². The number of nitrogens with zero attached hydrogens (tertiary/aromatic N) is 4. The Morgan fingerprint density at radius 1 is 1.41 bits per heavy atom. The number of ether oxygens (including phenoxy) is 1. The maximum absolute atomic E-state index is 12.3. The summed E-state index contributed by atoms with van der Waals surface area (Å²) >= 11 is 0. The zero-order valence-corrected chi connectivity index (χ0v) is 15.6. The molecule has 4 atom stereocenters. The first-order valence-corrected chi connectivity index (χ1v) is 9.68. The van der Waals surface area contributed by atoms with E-state index in [4.69, 9.17) is 9.15 Å². The van der Waals surface area contributed by atoms with Crippen LogP contribution in [0.4, 0.5) is 0 Å². The van der Waals surface area contributed by atoms with Gasteiger partial charge in [0.15, 0.2) is 5.76 Å². The first-order valence-electron chi connectivity index (χ1n) is 9.68. The fourth-order valence-electron chi connectivity index (χ4n) is 4.59. The van der Waals surface area contributed by atoms with Crippen molar-refractivity contribution in [3.8, 4) is 0 Å². The van der Waals surface area contributed by atoms with E-state index >= 15 is 0 Å². The molecule has 2 bridgehead atoms. The minimum atomic E-state index is -0.116. The number of tetrazole rings is 1. The normalized spacial score (nSPS) is 27.4. The molecule has 2 aromatic heterocycles. The molecule has 0 radical (unpaired) electrons. The van der Waals surface area contributed by atoms with Crippen LogP contribution in [0.25, 0.3) is 0 Å². The fourth-order valence-corrected chi connectivity index (χ4v) is 4.59. The maximum atomic E-state index is 12.3. The average molecular weight is 375 g/mol. The maximum Gasteiger partial charge on any atom is 0.287 e. The smallest absolute Gasteiger partial charge is 0.287 e. The molecule has 27 heavy (non-hydrogen) atoms. The zero-order chi connectivity index (χ0) is 18.6. The van der Waals surface area contributed by atoms with E-state index in [1.54, 1.807) is 24.1 Å². The minimum absolute atomic E-state index is 0.116. The van der Waals surface area contributed by atoms with E-state index in [0.29, 0.717) is 31.0 Å². The van der Waals surface area contributed by atoms with Crippen molar-refractivity contribution in [2.45, 2.75) is 63.3 Å². The number of piperidine rings is 2. The van der Waals surface area contributed by atoms with E-state index in [0.717, 1.165) is 25.2 Å². The summed E-state index contributed by atoms with van der Waals surface area (Å²) in [5.41, 5.74) is 0. The summed E-state index contributed by atoms with van der Waals surface area (Å²) in [5.74, 6) is 1.18. The third-order valence-electron chi connectivity index (χ3n) is 5.85. The number of hydrogen-bond acceptors (Lipinski definition) is 6. The van der Waals surface area contributed by atoms with Crippen molar-refractivity contribution in [3.63, 3.8) is 0 Å². The number of nitrogens with one attached hydrogen (secondary N) is 2. The number of quaternary nitrogens is 1. The molecule has 2 aromatic rings. The van der Waals surface area contributed by atoms with Gasteiger partial charge in [-0.2, -0.15) is 0 Å². The van der Waals surface area contributed by atoms with Crippen molar-refractivity contribution >= 4 is 5.91 Å². The van der Waals surface area contributed by atoms with Gasteiger partial charge in [-0.15, -0.1) is 5.10 Å². The number of fused-ring (bicyclic) bond motifs is 2. The van der Waals surface area contributed by atoms with Gasteiger partial charge in [-0.1, -0.05) is 0 Å². The summed E-state index contributed by atoms with van der Waals surface area (Å²) in [5, 5.41) is 15.3. The van der Waals surface area contributed by atoms with Gasteiger partial charge in [0.2, 0.25) is 5.82 Å². The Bertz CT molecular complexity index is 732. The van der Waals surface area contributed by atoms with Gasteiger partial charge >= 0.3 is 0 Å². The van der Waals surface area contributed by atoms with Gasteiger partial charge < -0.3 is 19.4 Å². The lowest BCUT2D eigenvalue weighted by molar-refractivity contribution is -0.974. The summed E-state index contributed by atoms with van der Waals surface area (Å²) in [4.78, 5) is 13.9. The number of carbonyl (C=O) groups is 1. The predicted molar refractivity (Wildman–Crippen MR) is 95.0 cm³/mol. The zero-order valence-electron chi connectivity index (χ0n) is 15.6. The van der Waals surface area contributed by atoms with Gasteiger partial charge in [-0.25, -0.2) is 4.68 Å². The Morgan fingerprint density at radius 2 is 2.22 bits per heavy atom. The first kappa shape index (κ1) is 18.1. The molecule has 2 aliphatic rings. The molecule has 4 rings (SSSR count). The summed E-state index contributed by atoms with van der Waals surface area (Å²) in [6.07, 6.45) is 7.11. The Morgan fingerprint density at radius 3 is 2.93 bits per heavy atom.